The first-order valence-corrected chi connectivity index (χ1v) is 9.39. The Bertz CT molecular complexity index is 1060. The fraction of sp³-hybridized carbons (Fsp3) is 0.188. The van der Waals surface area contributed by atoms with Gasteiger partial charge in [0.15, 0.2) is 5.82 Å². The largest absolute Gasteiger partial charge is 0.471 e. The highest BCUT2D eigenvalue weighted by molar-refractivity contribution is 7.89. The second-order valence-electron chi connectivity index (χ2n) is 5.57. The van der Waals surface area contributed by atoms with Crippen molar-refractivity contribution in [2.24, 2.45) is 0 Å². The van der Waals surface area contributed by atoms with E-state index in [2.05, 4.69) is 29.4 Å². The van der Waals surface area contributed by atoms with Crippen molar-refractivity contribution in [2.45, 2.75) is 17.5 Å². The van der Waals surface area contributed by atoms with Crippen LogP contribution in [0.4, 0.5) is 13.2 Å². The van der Waals surface area contributed by atoms with Gasteiger partial charge in [-0.3, -0.25) is 0 Å². The van der Waals surface area contributed by atoms with E-state index in [1.807, 2.05) is 0 Å². The zero-order valence-corrected chi connectivity index (χ0v) is 15.0. The van der Waals surface area contributed by atoms with Crippen LogP contribution in [0.2, 0.25) is 0 Å². The number of hydrogen-bond acceptors (Lipinski definition) is 6. The smallest absolute Gasteiger partial charge is 0.351 e. The maximum absolute atomic E-state index is 12.4. The number of sulfonamides is 1. The molecule has 0 fully saturated rings. The summed E-state index contributed by atoms with van der Waals surface area (Å²) in [5.74, 6) is -1.73. The van der Waals surface area contributed by atoms with Gasteiger partial charge >= 0.3 is 12.1 Å². The lowest BCUT2D eigenvalue weighted by Crippen LogP contribution is -2.26. The molecule has 0 saturated heterocycles. The molecule has 2 aromatic heterocycles. The Balaban J connectivity index is 1.68. The van der Waals surface area contributed by atoms with Crippen LogP contribution in [-0.2, 0) is 22.6 Å². The lowest BCUT2D eigenvalue weighted by Gasteiger charge is -2.06. The van der Waals surface area contributed by atoms with Crippen molar-refractivity contribution in [1.29, 1.82) is 0 Å². The summed E-state index contributed by atoms with van der Waals surface area (Å²) in [5, 5.41) is 3.20. The van der Waals surface area contributed by atoms with Gasteiger partial charge in [-0.15, -0.1) is 0 Å². The van der Waals surface area contributed by atoms with E-state index in [1.165, 1.54) is 36.7 Å². The molecular weight excluding hydrogens is 399 g/mol. The van der Waals surface area contributed by atoms with Gasteiger partial charge in [-0.25, -0.2) is 18.1 Å². The molecule has 0 radical (unpaired) electrons. The fourth-order valence-electron chi connectivity index (χ4n) is 2.20. The number of aromatic amines is 1. The molecule has 0 amide bonds. The molecular formula is C16H14F3N5O3S. The van der Waals surface area contributed by atoms with Crippen molar-refractivity contribution in [3.8, 4) is 0 Å². The topological polar surface area (TPSA) is 114 Å². The molecule has 28 heavy (non-hydrogen) atoms. The minimum atomic E-state index is -4.73. The highest BCUT2D eigenvalue weighted by atomic mass is 32.2. The Morgan fingerprint density at radius 3 is 2.75 bits per heavy atom. The number of hydrogen-bond donors (Lipinski definition) is 2. The molecule has 0 bridgehead atoms. The second-order valence-corrected chi connectivity index (χ2v) is 7.34. The lowest BCUT2D eigenvalue weighted by atomic mass is 10.2. The monoisotopic (exact) mass is 413 g/mol. The molecule has 148 valence electrons. The van der Waals surface area contributed by atoms with Gasteiger partial charge < -0.3 is 9.51 Å². The summed E-state index contributed by atoms with van der Waals surface area (Å²) in [4.78, 5) is 10.0. The highest BCUT2D eigenvalue weighted by Gasteiger charge is 2.38. The molecule has 1 aromatic carbocycles. The first kappa shape index (κ1) is 19.8. The van der Waals surface area contributed by atoms with E-state index in [1.54, 1.807) is 12.3 Å². The lowest BCUT2D eigenvalue weighted by molar-refractivity contribution is -0.159. The summed E-state index contributed by atoms with van der Waals surface area (Å²) >= 11 is 0. The van der Waals surface area contributed by atoms with E-state index in [0.717, 1.165) is 5.69 Å². The number of aromatic nitrogens is 4. The van der Waals surface area contributed by atoms with Crippen molar-refractivity contribution < 1.29 is 26.1 Å². The molecule has 3 aromatic rings. The Morgan fingerprint density at radius 2 is 2.07 bits per heavy atom. The molecule has 0 spiro atoms. The van der Waals surface area contributed by atoms with Gasteiger partial charge in [0.25, 0.3) is 0 Å². The molecule has 0 saturated carbocycles. The molecule has 0 atom stereocenters. The summed E-state index contributed by atoms with van der Waals surface area (Å²) in [5.41, 5.74) is 1.16. The average Bonchev–Trinajstić information content (AvgIpc) is 3.31. The average molecular weight is 413 g/mol. The van der Waals surface area contributed by atoms with Crippen LogP contribution in [0.15, 0.2) is 46.2 Å². The summed E-state index contributed by atoms with van der Waals surface area (Å²) in [6, 6.07) is 5.88. The van der Waals surface area contributed by atoms with Gasteiger partial charge in [-0.2, -0.15) is 18.2 Å². The van der Waals surface area contributed by atoms with Crippen LogP contribution in [0.5, 0.6) is 0 Å². The van der Waals surface area contributed by atoms with Gasteiger partial charge in [-0.1, -0.05) is 23.4 Å². The number of nitrogens with one attached hydrogen (secondary N) is 2. The van der Waals surface area contributed by atoms with E-state index in [4.69, 9.17) is 0 Å². The molecule has 2 heterocycles. The number of benzene rings is 1. The van der Waals surface area contributed by atoms with Gasteiger partial charge in [0, 0.05) is 19.2 Å². The van der Waals surface area contributed by atoms with E-state index in [-0.39, 0.29) is 17.3 Å². The predicted octanol–water partition coefficient (Wildman–Crippen LogP) is 2.50. The van der Waals surface area contributed by atoms with Crippen molar-refractivity contribution in [2.75, 3.05) is 6.54 Å². The van der Waals surface area contributed by atoms with E-state index in [9.17, 15) is 21.6 Å². The van der Waals surface area contributed by atoms with E-state index >= 15 is 0 Å². The van der Waals surface area contributed by atoms with Gasteiger partial charge in [-0.05, 0) is 23.8 Å². The number of rotatable bonds is 7. The standard InChI is InChI=1S/C16H14F3N5O3S/c17-16(18,19)15-23-14(24-27-15)5-4-11-2-1-3-13(8-11)28(25,26)22-7-6-12-9-20-10-21-12/h1-5,8-10,22H,6-7H2,(H,20,21). The fourth-order valence-corrected chi connectivity index (χ4v) is 3.28. The molecule has 0 aliphatic carbocycles. The van der Waals surface area contributed by atoms with Crippen LogP contribution in [0, 0.1) is 0 Å². The van der Waals surface area contributed by atoms with Crippen LogP contribution in [-0.4, -0.2) is 35.1 Å². The minimum absolute atomic E-state index is 0.0146. The van der Waals surface area contributed by atoms with Gasteiger partial charge in [0.1, 0.15) is 0 Å². The van der Waals surface area contributed by atoms with Crippen LogP contribution in [0.3, 0.4) is 0 Å². The van der Waals surface area contributed by atoms with Crippen LogP contribution < -0.4 is 4.72 Å². The molecule has 0 aliphatic rings. The van der Waals surface area contributed by atoms with Gasteiger partial charge in [0.05, 0.1) is 16.9 Å². The van der Waals surface area contributed by atoms with E-state index < -0.39 is 22.1 Å². The number of H-pyrrole nitrogens is 1. The molecule has 8 nitrogen and oxygen atoms in total. The maximum Gasteiger partial charge on any atom is 0.471 e. The molecule has 0 unspecified atom stereocenters. The first-order valence-electron chi connectivity index (χ1n) is 7.90. The molecule has 2 N–H and O–H groups in total. The molecule has 3 rings (SSSR count). The maximum atomic E-state index is 12.4. The van der Waals surface area contributed by atoms with Gasteiger partial charge in [0.2, 0.25) is 10.0 Å². The third-order valence-electron chi connectivity index (χ3n) is 3.51. The van der Waals surface area contributed by atoms with Crippen molar-refractivity contribution in [1.82, 2.24) is 24.8 Å². The number of imidazole rings is 1. The molecule has 12 heteroatoms. The number of halogens is 3. The SMILES string of the molecule is O=S(=O)(NCCc1c[nH]cn1)c1cccc(C=Cc2noc(C(F)(F)F)n2)c1. The highest BCUT2D eigenvalue weighted by Crippen LogP contribution is 2.27. The zero-order valence-electron chi connectivity index (χ0n) is 14.1. The van der Waals surface area contributed by atoms with E-state index in [0.29, 0.717) is 12.0 Å². The van der Waals surface area contributed by atoms with Crippen molar-refractivity contribution in [3.05, 3.63) is 59.8 Å². The third kappa shape index (κ3) is 5.04. The predicted molar refractivity (Wildman–Crippen MR) is 92.2 cm³/mol. The zero-order chi connectivity index (χ0) is 20.2. The third-order valence-corrected chi connectivity index (χ3v) is 4.96. The summed E-state index contributed by atoms with van der Waals surface area (Å²) < 4.78 is 68.7. The Kier molecular flexibility index (Phi) is 5.61. The quantitative estimate of drug-likeness (QED) is 0.615. The summed E-state index contributed by atoms with van der Waals surface area (Å²) in [7, 11) is -3.75. The number of nitrogens with zero attached hydrogens (tertiary/aromatic N) is 3. The van der Waals surface area contributed by atoms with Crippen LogP contribution in [0.25, 0.3) is 12.2 Å². The summed E-state index contributed by atoms with van der Waals surface area (Å²) in [6.45, 7) is 0.163. The molecule has 0 aliphatic heterocycles. The minimum Gasteiger partial charge on any atom is -0.351 e. The summed E-state index contributed by atoms with van der Waals surface area (Å²) in [6.07, 6.45) is 1.43. The normalized spacial score (nSPS) is 12.7. The first-order chi connectivity index (χ1) is 13.2. The number of alkyl halides is 3. The Labute approximate surface area is 157 Å². The van der Waals surface area contributed by atoms with Crippen molar-refractivity contribution >= 4 is 22.2 Å². The van der Waals surface area contributed by atoms with Crippen molar-refractivity contribution in [3.63, 3.8) is 0 Å². The second kappa shape index (κ2) is 7.94. The Morgan fingerprint density at radius 1 is 1.25 bits per heavy atom. The Hall–Kier alpha value is -2.99. The van der Waals surface area contributed by atoms with Crippen LogP contribution in [0.1, 0.15) is 23.0 Å². The van der Waals surface area contributed by atoms with Crippen LogP contribution >= 0.6 is 0 Å².